The van der Waals surface area contributed by atoms with Crippen molar-refractivity contribution in [3.8, 4) is 11.5 Å². The van der Waals surface area contributed by atoms with E-state index in [1.165, 1.54) is 5.56 Å². The van der Waals surface area contributed by atoms with Crippen LogP contribution in [0.1, 0.15) is 29.9 Å². The first kappa shape index (κ1) is 15.4. The quantitative estimate of drug-likeness (QED) is 0.892. The molecule has 0 aliphatic carbocycles. The number of ether oxygens (including phenoxy) is 1. The van der Waals surface area contributed by atoms with Crippen LogP contribution in [0, 0.1) is 0 Å². The molecule has 1 atom stereocenters. The SMILES string of the molecule is O=C(CCc1ccc(O)cc1)NC[C@@H]1CCOc2ccccc21. The van der Waals surface area contributed by atoms with Crippen LogP contribution in [0.5, 0.6) is 11.5 Å². The summed E-state index contributed by atoms with van der Waals surface area (Å²) in [5, 5.41) is 12.3. The highest BCUT2D eigenvalue weighted by atomic mass is 16.5. The molecule has 0 aromatic heterocycles. The molecule has 0 unspecified atom stereocenters. The Morgan fingerprint density at radius 1 is 1.17 bits per heavy atom. The van der Waals surface area contributed by atoms with Gasteiger partial charge < -0.3 is 15.2 Å². The number of hydrogen-bond acceptors (Lipinski definition) is 3. The van der Waals surface area contributed by atoms with E-state index in [9.17, 15) is 9.90 Å². The van der Waals surface area contributed by atoms with Crippen molar-refractivity contribution in [2.24, 2.45) is 0 Å². The van der Waals surface area contributed by atoms with E-state index in [0.29, 0.717) is 31.9 Å². The molecule has 0 radical (unpaired) electrons. The molecule has 1 aliphatic rings. The Morgan fingerprint density at radius 3 is 2.78 bits per heavy atom. The lowest BCUT2D eigenvalue weighted by atomic mass is 9.93. The number of phenols is 1. The van der Waals surface area contributed by atoms with E-state index >= 15 is 0 Å². The predicted molar refractivity (Wildman–Crippen MR) is 88.7 cm³/mol. The first-order chi connectivity index (χ1) is 11.2. The van der Waals surface area contributed by atoms with Crippen LogP contribution in [-0.4, -0.2) is 24.2 Å². The van der Waals surface area contributed by atoms with Crippen molar-refractivity contribution in [2.45, 2.75) is 25.2 Å². The number of nitrogens with one attached hydrogen (secondary N) is 1. The highest BCUT2D eigenvalue weighted by Gasteiger charge is 2.21. The molecule has 3 rings (SSSR count). The summed E-state index contributed by atoms with van der Waals surface area (Å²) in [6.45, 7) is 1.35. The predicted octanol–water partition coefficient (Wildman–Crippen LogP) is 3.01. The van der Waals surface area contributed by atoms with E-state index in [-0.39, 0.29) is 11.7 Å². The fourth-order valence-corrected chi connectivity index (χ4v) is 2.87. The molecule has 0 saturated heterocycles. The Bertz CT molecular complexity index is 667. The van der Waals surface area contributed by atoms with Crippen LogP contribution in [0.2, 0.25) is 0 Å². The van der Waals surface area contributed by atoms with Gasteiger partial charge in [0.1, 0.15) is 11.5 Å². The molecule has 1 heterocycles. The monoisotopic (exact) mass is 311 g/mol. The average Bonchev–Trinajstić information content (AvgIpc) is 2.59. The average molecular weight is 311 g/mol. The van der Waals surface area contributed by atoms with Crippen LogP contribution in [0.3, 0.4) is 0 Å². The van der Waals surface area contributed by atoms with Crippen LogP contribution >= 0.6 is 0 Å². The lowest BCUT2D eigenvalue weighted by molar-refractivity contribution is -0.121. The van der Waals surface area contributed by atoms with E-state index in [0.717, 1.165) is 17.7 Å². The maximum Gasteiger partial charge on any atom is 0.220 e. The lowest BCUT2D eigenvalue weighted by Crippen LogP contribution is -2.30. The highest BCUT2D eigenvalue weighted by molar-refractivity contribution is 5.76. The van der Waals surface area contributed by atoms with Crippen LogP contribution < -0.4 is 10.1 Å². The Balaban J connectivity index is 1.49. The number of benzene rings is 2. The molecule has 2 N–H and O–H groups in total. The second kappa shape index (κ2) is 7.18. The summed E-state index contributed by atoms with van der Waals surface area (Å²) >= 11 is 0. The van der Waals surface area contributed by atoms with Crippen molar-refractivity contribution in [2.75, 3.05) is 13.2 Å². The number of amides is 1. The van der Waals surface area contributed by atoms with Crippen molar-refractivity contribution in [1.82, 2.24) is 5.32 Å². The molecule has 0 spiro atoms. The van der Waals surface area contributed by atoms with Crippen LogP contribution in [0.25, 0.3) is 0 Å². The number of aromatic hydroxyl groups is 1. The van der Waals surface area contributed by atoms with Crippen molar-refractivity contribution in [3.63, 3.8) is 0 Å². The zero-order valence-corrected chi connectivity index (χ0v) is 13.0. The summed E-state index contributed by atoms with van der Waals surface area (Å²) in [7, 11) is 0. The van der Waals surface area contributed by atoms with Crippen LogP contribution in [0.15, 0.2) is 48.5 Å². The Labute approximate surface area is 136 Å². The number of para-hydroxylation sites is 1. The van der Waals surface area contributed by atoms with Crippen LogP contribution in [0.4, 0.5) is 0 Å². The number of carbonyl (C=O) groups is 1. The van der Waals surface area contributed by atoms with Gasteiger partial charge in [-0.2, -0.15) is 0 Å². The Hall–Kier alpha value is -2.49. The molecule has 4 nitrogen and oxygen atoms in total. The van der Waals surface area contributed by atoms with Crippen molar-refractivity contribution < 1.29 is 14.6 Å². The fourth-order valence-electron chi connectivity index (χ4n) is 2.87. The van der Waals surface area contributed by atoms with E-state index in [1.807, 2.05) is 30.3 Å². The molecule has 0 fully saturated rings. The molecule has 23 heavy (non-hydrogen) atoms. The maximum absolute atomic E-state index is 12.0. The third kappa shape index (κ3) is 4.03. The van der Waals surface area contributed by atoms with Gasteiger partial charge in [-0.25, -0.2) is 0 Å². The standard InChI is InChI=1S/C19H21NO3/c21-16-8-5-14(6-9-16)7-10-19(22)20-13-15-11-12-23-18-4-2-1-3-17(15)18/h1-6,8-9,15,21H,7,10-13H2,(H,20,22)/t15-/m0/s1. The summed E-state index contributed by atoms with van der Waals surface area (Å²) in [6.07, 6.45) is 2.06. The fraction of sp³-hybridized carbons (Fsp3) is 0.316. The number of phenolic OH excluding ortho intramolecular Hbond substituents is 1. The first-order valence-corrected chi connectivity index (χ1v) is 7.99. The summed E-state index contributed by atoms with van der Waals surface area (Å²) < 4.78 is 5.64. The zero-order chi connectivity index (χ0) is 16.1. The summed E-state index contributed by atoms with van der Waals surface area (Å²) in [6, 6.07) is 15.0. The molecular weight excluding hydrogens is 290 g/mol. The number of aryl methyl sites for hydroxylation is 1. The Kier molecular flexibility index (Phi) is 4.81. The topological polar surface area (TPSA) is 58.6 Å². The molecule has 2 aromatic rings. The van der Waals surface area contributed by atoms with Gasteiger partial charge in [-0.15, -0.1) is 0 Å². The number of fused-ring (bicyclic) bond motifs is 1. The first-order valence-electron chi connectivity index (χ1n) is 7.99. The van der Waals surface area contributed by atoms with Crippen molar-refractivity contribution >= 4 is 5.91 Å². The molecule has 0 saturated carbocycles. The Morgan fingerprint density at radius 2 is 1.96 bits per heavy atom. The minimum atomic E-state index is 0.0575. The molecule has 0 bridgehead atoms. The minimum Gasteiger partial charge on any atom is -0.508 e. The molecule has 1 amide bonds. The number of rotatable bonds is 5. The normalized spacial score (nSPS) is 16.3. The van der Waals surface area contributed by atoms with E-state index in [1.54, 1.807) is 12.1 Å². The van der Waals surface area contributed by atoms with Gasteiger partial charge in [0.05, 0.1) is 6.61 Å². The van der Waals surface area contributed by atoms with Crippen molar-refractivity contribution in [1.29, 1.82) is 0 Å². The lowest BCUT2D eigenvalue weighted by Gasteiger charge is -2.26. The molecule has 1 aliphatic heterocycles. The van der Waals surface area contributed by atoms with E-state index in [2.05, 4.69) is 11.4 Å². The number of hydrogen-bond donors (Lipinski definition) is 2. The molecule has 120 valence electrons. The number of carbonyl (C=O) groups excluding carboxylic acids is 1. The van der Waals surface area contributed by atoms with Gasteiger partial charge in [-0.3, -0.25) is 4.79 Å². The van der Waals surface area contributed by atoms with E-state index < -0.39 is 0 Å². The third-order valence-corrected chi connectivity index (χ3v) is 4.21. The third-order valence-electron chi connectivity index (χ3n) is 4.21. The summed E-state index contributed by atoms with van der Waals surface area (Å²) in [5.41, 5.74) is 2.23. The van der Waals surface area contributed by atoms with E-state index in [4.69, 9.17) is 4.74 Å². The smallest absolute Gasteiger partial charge is 0.220 e. The van der Waals surface area contributed by atoms with Gasteiger partial charge in [0.25, 0.3) is 0 Å². The van der Waals surface area contributed by atoms with Gasteiger partial charge in [-0.05, 0) is 42.2 Å². The zero-order valence-electron chi connectivity index (χ0n) is 13.0. The maximum atomic E-state index is 12.0. The molecule has 2 aromatic carbocycles. The molecular formula is C19H21NO3. The minimum absolute atomic E-state index is 0.0575. The van der Waals surface area contributed by atoms with Crippen molar-refractivity contribution in [3.05, 3.63) is 59.7 Å². The van der Waals surface area contributed by atoms with Gasteiger partial charge in [-0.1, -0.05) is 30.3 Å². The highest BCUT2D eigenvalue weighted by Crippen LogP contribution is 2.32. The van der Waals surface area contributed by atoms with Gasteiger partial charge in [0.2, 0.25) is 5.91 Å². The largest absolute Gasteiger partial charge is 0.508 e. The van der Waals surface area contributed by atoms with Gasteiger partial charge in [0.15, 0.2) is 0 Å². The summed E-state index contributed by atoms with van der Waals surface area (Å²) in [4.78, 5) is 12.0. The summed E-state index contributed by atoms with van der Waals surface area (Å²) in [5.74, 6) is 1.55. The second-order valence-corrected chi connectivity index (χ2v) is 5.84. The van der Waals surface area contributed by atoms with Crippen LogP contribution in [-0.2, 0) is 11.2 Å². The van der Waals surface area contributed by atoms with Gasteiger partial charge >= 0.3 is 0 Å². The van der Waals surface area contributed by atoms with Gasteiger partial charge in [0, 0.05) is 18.9 Å². The molecule has 4 heteroatoms. The second-order valence-electron chi connectivity index (χ2n) is 5.84.